The summed E-state index contributed by atoms with van der Waals surface area (Å²) in [6.07, 6.45) is 0. The number of alkyl halides is 1. The number of halogens is 3. The van der Waals surface area contributed by atoms with Crippen LogP contribution in [-0.2, 0) is 5.88 Å². The van der Waals surface area contributed by atoms with Gasteiger partial charge in [0.2, 0.25) is 0 Å². The number of hydrogen-bond donors (Lipinski definition) is 0. The molecule has 0 saturated heterocycles. The lowest BCUT2D eigenvalue weighted by molar-refractivity contribution is 0.478. The van der Waals surface area contributed by atoms with E-state index in [0.717, 1.165) is 21.3 Å². The Bertz CT molecular complexity index is 570. The van der Waals surface area contributed by atoms with E-state index >= 15 is 0 Å². The molecule has 0 unspecified atom stereocenters. The number of benzene rings is 2. The first kappa shape index (κ1) is 13.7. The van der Waals surface area contributed by atoms with Crippen molar-refractivity contribution in [2.24, 2.45) is 0 Å². The van der Waals surface area contributed by atoms with Crippen LogP contribution in [-0.4, -0.2) is 0 Å². The van der Waals surface area contributed by atoms with Gasteiger partial charge in [-0.25, -0.2) is 0 Å². The molecule has 0 N–H and O–H groups in total. The minimum atomic E-state index is 0.463. The molecule has 0 heterocycles. The topological polar surface area (TPSA) is 9.23 Å². The monoisotopic (exact) mass is 344 g/mol. The lowest BCUT2D eigenvalue weighted by Gasteiger charge is -2.11. The first-order valence-corrected chi connectivity index (χ1v) is 7.09. The van der Waals surface area contributed by atoms with Crippen LogP contribution < -0.4 is 4.74 Å². The summed E-state index contributed by atoms with van der Waals surface area (Å²) >= 11 is 15.3. The molecule has 18 heavy (non-hydrogen) atoms. The van der Waals surface area contributed by atoms with E-state index in [1.165, 1.54) is 0 Å². The maximum atomic E-state index is 6.12. The summed E-state index contributed by atoms with van der Waals surface area (Å²) in [6.45, 7) is 1.99. The summed E-state index contributed by atoms with van der Waals surface area (Å²) in [7, 11) is 0. The highest BCUT2D eigenvalue weighted by atomic mass is 79.9. The van der Waals surface area contributed by atoms with E-state index in [-0.39, 0.29) is 0 Å². The first-order chi connectivity index (χ1) is 8.60. The standard InChI is InChI=1S/C14H11BrCl2O/c1-9-2-3-10(8-16)6-14(9)18-13-5-4-11(15)7-12(13)17/h2-7H,8H2,1H3. The van der Waals surface area contributed by atoms with E-state index in [0.29, 0.717) is 16.7 Å². The maximum absolute atomic E-state index is 6.12. The van der Waals surface area contributed by atoms with Gasteiger partial charge in [-0.2, -0.15) is 0 Å². The van der Waals surface area contributed by atoms with Gasteiger partial charge in [0.05, 0.1) is 5.02 Å². The van der Waals surface area contributed by atoms with Gasteiger partial charge in [0, 0.05) is 10.4 Å². The van der Waals surface area contributed by atoms with Crippen LogP contribution in [0.4, 0.5) is 0 Å². The fourth-order valence-corrected chi connectivity index (χ4v) is 2.39. The third-order valence-electron chi connectivity index (χ3n) is 2.52. The third kappa shape index (κ3) is 3.19. The molecule has 0 saturated carbocycles. The van der Waals surface area contributed by atoms with Crippen molar-refractivity contribution in [1.29, 1.82) is 0 Å². The van der Waals surface area contributed by atoms with Crippen molar-refractivity contribution in [1.82, 2.24) is 0 Å². The van der Waals surface area contributed by atoms with Crippen molar-refractivity contribution in [3.63, 3.8) is 0 Å². The predicted octanol–water partition coefficient (Wildman–Crippen LogP) is 5.94. The van der Waals surface area contributed by atoms with Gasteiger partial charge in [0.25, 0.3) is 0 Å². The van der Waals surface area contributed by atoms with Gasteiger partial charge >= 0.3 is 0 Å². The molecule has 2 aromatic rings. The number of rotatable bonds is 3. The second-order valence-corrected chi connectivity index (χ2v) is 5.50. The van der Waals surface area contributed by atoms with Gasteiger partial charge in [-0.05, 0) is 42.3 Å². The van der Waals surface area contributed by atoms with Crippen molar-refractivity contribution < 1.29 is 4.74 Å². The summed E-state index contributed by atoms with van der Waals surface area (Å²) in [5.41, 5.74) is 2.06. The van der Waals surface area contributed by atoms with Crippen molar-refractivity contribution in [3.05, 3.63) is 57.0 Å². The van der Waals surface area contributed by atoms with E-state index in [9.17, 15) is 0 Å². The average Bonchev–Trinajstić information content (AvgIpc) is 2.35. The zero-order chi connectivity index (χ0) is 13.1. The van der Waals surface area contributed by atoms with Crippen LogP contribution in [0.15, 0.2) is 40.9 Å². The van der Waals surface area contributed by atoms with Gasteiger partial charge in [-0.15, -0.1) is 11.6 Å². The highest BCUT2D eigenvalue weighted by Gasteiger charge is 2.07. The summed E-state index contributed by atoms with van der Waals surface area (Å²) in [4.78, 5) is 0. The second kappa shape index (κ2) is 5.96. The Balaban J connectivity index is 2.33. The quantitative estimate of drug-likeness (QED) is 0.625. The molecule has 0 aliphatic carbocycles. The Morgan fingerprint density at radius 3 is 2.56 bits per heavy atom. The van der Waals surface area contributed by atoms with Crippen LogP contribution in [0, 0.1) is 6.92 Å². The lowest BCUT2D eigenvalue weighted by atomic mass is 10.1. The van der Waals surface area contributed by atoms with E-state index in [1.54, 1.807) is 6.07 Å². The van der Waals surface area contributed by atoms with E-state index in [1.807, 2.05) is 37.3 Å². The van der Waals surface area contributed by atoms with Gasteiger partial charge in [-0.1, -0.05) is 39.7 Å². The minimum absolute atomic E-state index is 0.463. The fraction of sp³-hybridized carbons (Fsp3) is 0.143. The molecule has 0 spiro atoms. The molecule has 0 bridgehead atoms. The number of hydrogen-bond acceptors (Lipinski definition) is 1. The Hall–Kier alpha value is -0.700. The highest BCUT2D eigenvalue weighted by molar-refractivity contribution is 9.10. The summed E-state index contributed by atoms with van der Waals surface area (Å²) in [6, 6.07) is 11.4. The third-order valence-corrected chi connectivity index (χ3v) is 3.62. The molecule has 0 amide bonds. The molecule has 0 aliphatic rings. The molecule has 2 aromatic carbocycles. The molecular formula is C14H11BrCl2O. The maximum Gasteiger partial charge on any atom is 0.146 e. The van der Waals surface area contributed by atoms with Gasteiger partial charge in [0.15, 0.2) is 0 Å². The van der Waals surface area contributed by atoms with Crippen molar-refractivity contribution in [2.45, 2.75) is 12.8 Å². The number of aryl methyl sites for hydroxylation is 1. The van der Waals surface area contributed by atoms with Crippen LogP contribution in [0.5, 0.6) is 11.5 Å². The van der Waals surface area contributed by atoms with Gasteiger partial charge in [0.1, 0.15) is 11.5 Å². The Labute approximate surface area is 125 Å². The normalized spacial score (nSPS) is 10.4. The molecule has 0 atom stereocenters. The summed E-state index contributed by atoms with van der Waals surface area (Å²) in [5.74, 6) is 1.87. The summed E-state index contributed by atoms with van der Waals surface area (Å²) < 4.78 is 6.75. The van der Waals surface area contributed by atoms with Crippen LogP contribution >= 0.6 is 39.1 Å². The van der Waals surface area contributed by atoms with Crippen molar-refractivity contribution in [3.8, 4) is 11.5 Å². The Morgan fingerprint density at radius 1 is 1.11 bits per heavy atom. The average molecular weight is 346 g/mol. The predicted molar refractivity (Wildman–Crippen MR) is 80.0 cm³/mol. The van der Waals surface area contributed by atoms with Crippen LogP contribution in [0.25, 0.3) is 0 Å². The lowest BCUT2D eigenvalue weighted by Crippen LogP contribution is -1.90. The van der Waals surface area contributed by atoms with Gasteiger partial charge in [-0.3, -0.25) is 0 Å². The molecule has 0 fully saturated rings. The molecular weight excluding hydrogens is 335 g/mol. The van der Waals surface area contributed by atoms with Gasteiger partial charge < -0.3 is 4.74 Å². The Morgan fingerprint density at radius 2 is 1.89 bits per heavy atom. The van der Waals surface area contributed by atoms with Crippen LogP contribution in [0.3, 0.4) is 0 Å². The van der Waals surface area contributed by atoms with E-state index in [4.69, 9.17) is 27.9 Å². The first-order valence-electron chi connectivity index (χ1n) is 5.38. The highest BCUT2D eigenvalue weighted by Crippen LogP contribution is 2.33. The zero-order valence-electron chi connectivity index (χ0n) is 9.71. The largest absolute Gasteiger partial charge is 0.456 e. The molecule has 2 rings (SSSR count). The molecule has 0 aromatic heterocycles. The smallest absolute Gasteiger partial charge is 0.146 e. The van der Waals surface area contributed by atoms with E-state index < -0.39 is 0 Å². The van der Waals surface area contributed by atoms with Crippen molar-refractivity contribution >= 4 is 39.1 Å². The van der Waals surface area contributed by atoms with Crippen LogP contribution in [0.2, 0.25) is 5.02 Å². The molecule has 0 radical (unpaired) electrons. The number of ether oxygens (including phenoxy) is 1. The molecule has 94 valence electrons. The SMILES string of the molecule is Cc1ccc(CCl)cc1Oc1ccc(Br)cc1Cl. The molecule has 0 aliphatic heterocycles. The zero-order valence-corrected chi connectivity index (χ0v) is 12.8. The summed E-state index contributed by atoms with van der Waals surface area (Å²) in [5, 5.41) is 0.569. The molecule has 4 heteroatoms. The van der Waals surface area contributed by atoms with Crippen LogP contribution in [0.1, 0.15) is 11.1 Å². The molecule has 1 nitrogen and oxygen atoms in total. The van der Waals surface area contributed by atoms with Crippen molar-refractivity contribution in [2.75, 3.05) is 0 Å². The second-order valence-electron chi connectivity index (χ2n) is 3.91. The Kier molecular flexibility index (Phi) is 4.55. The van der Waals surface area contributed by atoms with E-state index in [2.05, 4.69) is 15.9 Å². The fourth-order valence-electron chi connectivity index (χ4n) is 1.51. The minimum Gasteiger partial charge on any atom is -0.456 e.